The van der Waals surface area contributed by atoms with Crippen molar-refractivity contribution in [1.82, 2.24) is 0 Å². The molecule has 0 N–H and O–H groups in total. The number of benzene rings is 6. The molecule has 0 aliphatic heterocycles. The van der Waals surface area contributed by atoms with E-state index in [0.717, 1.165) is 22.6 Å². The van der Waals surface area contributed by atoms with Crippen molar-refractivity contribution in [3.8, 4) is 0 Å². The van der Waals surface area contributed by atoms with Crippen LogP contribution in [0.3, 0.4) is 0 Å². The van der Waals surface area contributed by atoms with Gasteiger partial charge in [0.2, 0.25) is 0 Å². The summed E-state index contributed by atoms with van der Waals surface area (Å²) in [5, 5.41) is 4.38. The number of hydrogen-bond acceptors (Lipinski definition) is 2. The van der Waals surface area contributed by atoms with Gasteiger partial charge in [-0.2, -0.15) is 0 Å². The van der Waals surface area contributed by atoms with Gasteiger partial charge < -0.3 is 0 Å². The van der Waals surface area contributed by atoms with Crippen LogP contribution in [-0.2, 0) is 24.4 Å². The third-order valence-electron chi connectivity index (χ3n) is 13.4. The van der Waals surface area contributed by atoms with Gasteiger partial charge in [-0.3, -0.25) is 0 Å². The summed E-state index contributed by atoms with van der Waals surface area (Å²) >= 11 is -5.49. The number of halogens is 2. The molecular weight excluding hydrogens is 903 g/mol. The number of hydrogen-bond donors (Lipinski definition) is 0. The van der Waals surface area contributed by atoms with Crippen molar-refractivity contribution < 1.29 is 24.4 Å². The Hall–Kier alpha value is -3.49. The van der Waals surface area contributed by atoms with E-state index in [1.54, 1.807) is 0 Å². The molecule has 0 amide bonds. The van der Waals surface area contributed by atoms with E-state index in [4.69, 9.17) is 25.9 Å². The van der Waals surface area contributed by atoms with Gasteiger partial charge in [-0.05, 0) is 0 Å². The second-order valence-electron chi connectivity index (χ2n) is 19.1. The summed E-state index contributed by atoms with van der Waals surface area (Å²) in [5.41, 5.74) is 4.63. The zero-order valence-electron chi connectivity index (χ0n) is 36.1. The third kappa shape index (κ3) is 6.89. The van der Waals surface area contributed by atoms with E-state index in [1.165, 1.54) is 31.9 Å². The van der Waals surface area contributed by atoms with Gasteiger partial charge in [0.25, 0.3) is 0 Å². The van der Waals surface area contributed by atoms with Crippen LogP contribution in [0.1, 0.15) is 71.0 Å². The van der Waals surface area contributed by atoms with Gasteiger partial charge in [-0.25, -0.2) is 0 Å². The van der Waals surface area contributed by atoms with E-state index in [2.05, 4.69) is 237 Å². The summed E-state index contributed by atoms with van der Waals surface area (Å²) in [6.07, 6.45) is 4.59. The van der Waals surface area contributed by atoms with E-state index in [-0.39, 0.29) is 17.3 Å². The summed E-state index contributed by atoms with van der Waals surface area (Å²) in [4.78, 5) is 0. The Morgan fingerprint density at radius 2 is 0.700 bits per heavy atom. The maximum atomic E-state index is 9.08. The number of rotatable bonds is 11. The Kier molecular flexibility index (Phi) is 11.5. The molecular formula is C52H57Cl2O2Si3Zr. The first-order valence-corrected chi connectivity index (χ1v) is 41.5. The van der Waals surface area contributed by atoms with Gasteiger partial charge in [-0.1, -0.05) is 0 Å². The molecule has 2 unspecified atom stereocenters. The molecule has 8 heteroatoms. The SMILES string of the molecule is C[SiH](C)[Zr]([Cl])([Cl])([CH]1C(O[Si](c2ccccc2)(c2ccccc2)C(C)(C)C)=Cc2ccccc21)[CH]1C(O[Si](c2ccccc2)(c2ccccc2)C(C)(C)C)=Cc2ccccc21. The zero-order chi connectivity index (χ0) is 42.6. The van der Waals surface area contributed by atoms with Crippen LogP contribution in [0, 0.1) is 0 Å². The van der Waals surface area contributed by atoms with Crippen LogP contribution in [0.5, 0.6) is 0 Å². The predicted molar refractivity (Wildman–Crippen MR) is 262 cm³/mol. The van der Waals surface area contributed by atoms with Crippen molar-refractivity contribution in [2.45, 2.75) is 72.0 Å². The van der Waals surface area contributed by atoms with Gasteiger partial charge in [0.15, 0.2) is 0 Å². The Bertz CT molecular complexity index is 2300. The van der Waals surface area contributed by atoms with Crippen LogP contribution < -0.4 is 20.7 Å². The van der Waals surface area contributed by atoms with Crippen LogP contribution in [0.4, 0.5) is 0 Å². The molecule has 2 aliphatic rings. The van der Waals surface area contributed by atoms with Gasteiger partial charge in [0.05, 0.1) is 0 Å². The molecule has 0 fully saturated rings. The van der Waals surface area contributed by atoms with Gasteiger partial charge in [0.1, 0.15) is 0 Å². The Labute approximate surface area is 369 Å². The molecule has 2 nitrogen and oxygen atoms in total. The second kappa shape index (κ2) is 16.0. The molecule has 8 rings (SSSR count). The Morgan fingerprint density at radius 1 is 0.433 bits per heavy atom. The molecule has 0 spiro atoms. The number of allylic oxidation sites excluding steroid dienone is 2. The summed E-state index contributed by atoms with van der Waals surface area (Å²) < 4.78 is 15.6. The zero-order valence-corrected chi connectivity index (χ0v) is 43.2. The fourth-order valence-electron chi connectivity index (χ4n) is 10.4. The van der Waals surface area contributed by atoms with E-state index < -0.39 is 38.1 Å². The van der Waals surface area contributed by atoms with E-state index in [1.807, 2.05) is 0 Å². The monoisotopic (exact) mass is 957 g/mol. The first-order valence-electron chi connectivity index (χ1n) is 21.3. The first kappa shape index (κ1) is 43.2. The molecule has 6 aromatic carbocycles. The van der Waals surface area contributed by atoms with E-state index in [0.29, 0.717) is 0 Å². The van der Waals surface area contributed by atoms with Crippen molar-refractivity contribution in [2.75, 3.05) is 0 Å². The van der Waals surface area contributed by atoms with Crippen molar-refractivity contribution in [3.05, 3.63) is 204 Å². The molecule has 0 saturated heterocycles. The second-order valence-corrected chi connectivity index (χ2v) is 70.1. The van der Waals surface area contributed by atoms with Crippen LogP contribution in [0.25, 0.3) is 12.2 Å². The van der Waals surface area contributed by atoms with E-state index >= 15 is 0 Å². The average molecular weight is 960 g/mol. The van der Waals surface area contributed by atoms with Gasteiger partial charge in [0, 0.05) is 0 Å². The predicted octanol–water partition coefficient (Wildman–Crippen LogP) is 12.3. The summed E-state index contributed by atoms with van der Waals surface area (Å²) in [6, 6.07) is 61.2. The molecule has 0 aromatic heterocycles. The topological polar surface area (TPSA) is 18.5 Å². The minimum atomic E-state index is -5.49. The molecule has 0 bridgehead atoms. The molecule has 0 saturated carbocycles. The molecule has 6 aromatic rings. The summed E-state index contributed by atoms with van der Waals surface area (Å²) in [7, 11) is 12.0. The fraction of sp³-hybridized carbons (Fsp3) is 0.231. The van der Waals surface area contributed by atoms with Crippen molar-refractivity contribution in [2.24, 2.45) is 0 Å². The van der Waals surface area contributed by atoms with Crippen LogP contribution in [0.2, 0.25) is 23.2 Å². The summed E-state index contributed by atoms with van der Waals surface area (Å²) in [5.74, 6) is -0.175. The minimum absolute atomic E-state index is 0.257. The van der Waals surface area contributed by atoms with Gasteiger partial charge >= 0.3 is 372 Å². The normalized spacial score (nSPS) is 17.6. The standard InChI is InChI=1S/2C25H25OSi.C2H7Si.2ClH.Zr/c2*1-25(2,3)27(23-14-6-4-7-15-23,24-16-8-5-9-17-24)26-22-18-20-12-10-11-13-21(20)19-22;1-3-2;;;/h2*4-19H,1-3H3;3H,1-2H3;2*1H;/q;;;;;+2/p-2. The van der Waals surface area contributed by atoms with Crippen molar-refractivity contribution >= 4 is 72.5 Å². The third-order valence-corrected chi connectivity index (χ3v) is 74.7. The van der Waals surface area contributed by atoms with Crippen LogP contribution in [0.15, 0.2) is 181 Å². The molecule has 2 aliphatic carbocycles. The summed E-state index contributed by atoms with van der Waals surface area (Å²) in [6.45, 7) is 18.8. The van der Waals surface area contributed by atoms with Crippen molar-refractivity contribution in [3.63, 3.8) is 0 Å². The molecule has 60 heavy (non-hydrogen) atoms. The van der Waals surface area contributed by atoms with E-state index in [9.17, 15) is 0 Å². The molecule has 307 valence electrons. The van der Waals surface area contributed by atoms with Crippen LogP contribution >= 0.6 is 17.0 Å². The van der Waals surface area contributed by atoms with Crippen LogP contribution in [-0.4, -0.2) is 22.6 Å². The fourth-order valence-corrected chi connectivity index (χ4v) is 48.9. The molecule has 0 radical (unpaired) electrons. The van der Waals surface area contributed by atoms with Crippen molar-refractivity contribution in [1.29, 1.82) is 0 Å². The Morgan fingerprint density at radius 3 is 0.967 bits per heavy atom. The average Bonchev–Trinajstić information content (AvgIpc) is 3.81. The molecule has 0 heterocycles. The maximum absolute atomic E-state index is 9.08. The Balaban J connectivity index is 1.39. The first-order chi connectivity index (χ1) is 28.5. The molecule has 2 atom stereocenters. The number of fused-ring (bicyclic) bond motifs is 2. The quantitative estimate of drug-likeness (QED) is 0.121. The van der Waals surface area contributed by atoms with Gasteiger partial charge in [-0.15, -0.1) is 0 Å².